The number of anilines is 1. The molecule has 1 aromatic rings. The minimum atomic E-state index is -0.106. The van der Waals surface area contributed by atoms with Gasteiger partial charge in [0.2, 0.25) is 5.91 Å². The number of rotatable bonds is 2. The number of carbonyl (C=O) groups excluding carboxylic acids is 2. The number of aryl methyl sites for hydroxylation is 2. The van der Waals surface area contributed by atoms with E-state index in [9.17, 15) is 9.59 Å². The number of benzene rings is 1. The van der Waals surface area contributed by atoms with Crippen molar-refractivity contribution in [2.75, 3.05) is 5.32 Å². The van der Waals surface area contributed by atoms with E-state index in [-0.39, 0.29) is 11.0 Å². The molecule has 0 spiro atoms. The van der Waals surface area contributed by atoms with Crippen molar-refractivity contribution in [3.8, 4) is 0 Å². The fourth-order valence-corrected chi connectivity index (χ4v) is 2.13. The van der Waals surface area contributed by atoms with E-state index < -0.39 is 0 Å². The van der Waals surface area contributed by atoms with Crippen LogP contribution in [0.5, 0.6) is 0 Å². The van der Waals surface area contributed by atoms with Crippen LogP contribution in [0.1, 0.15) is 25.0 Å². The summed E-state index contributed by atoms with van der Waals surface area (Å²) in [5, 5.41) is 2.79. The molecular formula is C12H15NO2S. The zero-order chi connectivity index (χ0) is 12.3. The number of amides is 1. The predicted molar refractivity (Wildman–Crippen MR) is 66.8 cm³/mol. The van der Waals surface area contributed by atoms with Crippen LogP contribution in [0.25, 0.3) is 0 Å². The van der Waals surface area contributed by atoms with Gasteiger partial charge >= 0.3 is 0 Å². The van der Waals surface area contributed by atoms with E-state index in [1.54, 1.807) is 0 Å². The molecule has 86 valence electrons. The molecule has 0 saturated heterocycles. The van der Waals surface area contributed by atoms with Gasteiger partial charge in [-0.2, -0.15) is 0 Å². The van der Waals surface area contributed by atoms with Gasteiger partial charge in [-0.15, -0.1) is 0 Å². The topological polar surface area (TPSA) is 46.2 Å². The molecular weight excluding hydrogens is 222 g/mol. The van der Waals surface area contributed by atoms with Crippen LogP contribution in [0.4, 0.5) is 5.69 Å². The predicted octanol–water partition coefficient (Wildman–Crippen LogP) is 2.90. The molecule has 0 fully saturated rings. The Bertz CT molecular complexity index is 404. The molecule has 1 aromatic carbocycles. The lowest BCUT2D eigenvalue weighted by molar-refractivity contribution is -0.114. The number of thioether (sulfide) groups is 1. The largest absolute Gasteiger partial charge is 0.326 e. The van der Waals surface area contributed by atoms with Crippen molar-refractivity contribution in [3.63, 3.8) is 0 Å². The average Bonchev–Trinajstić information content (AvgIpc) is 2.11. The van der Waals surface area contributed by atoms with E-state index >= 15 is 0 Å². The van der Waals surface area contributed by atoms with Crippen LogP contribution < -0.4 is 5.32 Å². The van der Waals surface area contributed by atoms with Crippen molar-refractivity contribution in [1.29, 1.82) is 0 Å². The Kier molecular flexibility index (Phi) is 4.12. The maximum absolute atomic E-state index is 11.1. The monoisotopic (exact) mass is 237 g/mol. The summed E-state index contributed by atoms with van der Waals surface area (Å²) in [7, 11) is 0. The first kappa shape index (κ1) is 12.8. The summed E-state index contributed by atoms with van der Waals surface area (Å²) in [6, 6.07) is 3.81. The van der Waals surface area contributed by atoms with Crippen LogP contribution in [0.2, 0.25) is 0 Å². The summed E-state index contributed by atoms with van der Waals surface area (Å²) in [4.78, 5) is 22.9. The highest BCUT2D eigenvalue weighted by molar-refractivity contribution is 8.13. The van der Waals surface area contributed by atoms with E-state index in [4.69, 9.17) is 0 Å². The second-order valence-electron chi connectivity index (χ2n) is 3.71. The van der Waals surface area contributed by atoms with Crippen molar-refractivity contribution in [2.24, 2.45) is 0 Å². The highest BCUT2D eigenvalue weighted by Gasteiger charge is 2.08. The van der Waals surface area contributed by atoms with Crippen molar-refractivity contribution in [3.05, 3.63) is 23.3 Å². The summed E-state index contributed by atoms with van der Waals surface area (Å²) >= 11 is 1.18. The highest BCUT2D eigenvalue weighted by Crippen LogP contribution is 2.28. The zero-order valence-corrected chi connectivity index (χ0v) is 10.7. The van der Waals surface area contributed by atoms with E-state index in [1.807, 2.05) is 26.0 Å². The van der Waals surface area contributed by atoms with Gasteiger partial charge in [-0.05, 0) is 31.0 Å². The molecule has 1 N–H and O–H groups in total. The molecule has 0 saturated carbocycles. The second kappa shape index (κ2) is 5.16. The van der Waals surface area contributed by atoms with Gasteiger partial charge in [0, 0.05) is 24.4 Å². The average molecular weight is 237 g/mol. The molecule has 3 nitrogen and oxygen atoms in total. The van der Waals surface area contributed by atoms with Crippen LogP contribution in [-0.4, -0.2) is 11.0 Å². The Morgan fingerprint density at radius 1 is 1.12 bits per heavy atom. The Labute approximate surface area is 99.6 Å². The van der Waals surface area contributed by atoms with Gasteiger partial charge in [-0.3, -0.25) is 9.59 Å². The molecule has 0 radical (unpaired) electrons. The molecule has 0 atom stereocenters. The fourth-order valence-electron chi connectivity index (χ4n) is 1.42. The Morgan fingerprint density at radius 3 is 2.25 bits per heavy atom. The Hall–Kier alpha value is -1.29. The van der Waals surface area contributed by atoms with E-state index in [0.29, 0.717) is 0 Å². The number of carbonyl (C=O) groups is 2. The number of nitrogens with one attached hydrogen (secondary N) is 1. The third kappa shape index (κ3) is 3.38. The third-order valence-corrected chi connectivity index (χ3v) is 3.03. The summed E-state index contributed by atoms with van der Waals surface area (Å²) in [5.74, 6) is -0.106. The zero-order valence-electron chi connectivity index (χ0n) is 9.88. The quantitative estimate of drug-likeness (QED) is 0.804. The molecule has 0 heterocycles. The van der Waals surface area contributed by atoms with Gasteiger partial charge in [0.15, 0.2) is 5.12 Å². The summed E-state index contributed by atoms with van der Waals surface area (Å²) < 4.78 is 0. The normalized spacial score (nSPS) is 10.0. The van der Waals surface area contributed by atoms with Gasteiger partial charge < -0.3 is 5.32 Å². The van der Waals surface area contributed by atoms with Crippen LogP contribution in [0.3, 0.4) is 0 Å². The number of hydrogen-bond acceptors (Lipinski definition) is 3. The Morgan fingerprint density at radius 2 is 1.75 bits per heavy atom. The first-order chi connectivity index (χ1) is 7.40. The highest BCUT2D eigenvalue weighted by atomic mass is 32.2. The maximum Gasteiger partial charge on any atom is 0.221 e. The van der Waals surface area contributed by atoms with Crippen LogP contribution in [0.15, 0.2) is 17.0 Å². The third-order valence-electron chi connectivity index (χ3n) is 2.09. The molecule has 0 unspecified atom stereocenters. The van der Waals surface area contributed by atoms with Gasteiger partial charge in [0.25, 0.3) is 0 Å². The molecule has 0 aliphatic heterocycles. The second-order valence-corrected chi connectivity index (χ2v) is 4.93. The van der Waals surface area contributed by atoms with Crippen molar-refractivity contribution in [1.82, 2.24) is 0 Å². The molecule has 16 heavy (non-hydrogen) atoms. The van der Waals surface area contributed by atoms with E-state index in [0.717, 1.165) is 21.7 Å². The number of hydrogen-bond donors (Lipinski definition) is 1. The van der Waals surface area contributed by atoms with Crippen LogP contribution in [0, 0.1) is 13.8 Å². The Balaban J connectivity index is 3.10. The SMILES string of the molecule is CC(=O)Nc1cc(SC(C)=O)c(C)cc1C. The first-order valence-corrected chi connectivity index (χ1v) is 5.79. The summed E-state index contributed by atoms with van der Waals surface area (Å²) in [6.45, 7) is 6.88. The lowest BCUT2D eigenvalue weighted by Crippen LogP contribution is -2.07. The minimum absolute atomic E-state index is 0.0423. The van der Waals surface area contributed by atoms with Gasteiger partial charge in [-0.1, -0.05) is 17.8 Å². The van der Waals surface area contributed by atoms with Crippen molar-refractivity contribution >= 4 is 28.5 Å². The lowest BCUT2D eigenvalue weighted by atomic mass is 10.1. The molecule has 0 aromatic heterocycles. The van der Waals surface area contributed by atoms with Crippen molar-refractivity contribution < 1.29 is 9.59 Å². The van der Waals surface area contributed by atoms with Gasteiger partial charge in [0.05, 0.1) is 0 Å². The summed E-state index contributed by atoms with van der Waals surface area (Å²) in [5.41, 5.74) is 2.81. The van der Waals surface area contributed by atoms with Gasteiger partial charge in [0.1, 0.15) is 0 Å². The molecule has 1 rings (SSSR count). The molecule has 0 bridgehead atoms. The van der Waals surface area contributed by atoms with Crippen molar-refractivity contribution in [2.45, 2.75) is 32.6 Å². The first-order valence-electron chi connectivity index (χ1n) is 4.97. The molecule has 4 heteroatoms. The summed E-state index contributed by atoms with van der Waals surface area (Å²) in [6.07, 6.45) is 0. The molecule has 0 aliphatic carbocycles. The smallest absolute Gasteiger partial charge is 0.221 e. The lowest BCUT2D eigenvalue weighted by Gasteiger charge is -2.11. The van der Waals surface area contributed by atoms with E-state index in [2.05, 4.69) is 5.32 Å². The fraction of sp³-hybridized carbons (Fsp3) is 0.333. The van der Waals surface area contributed by atoms with E-state index in [1.165, 1.54) is 25.6 Å². The molecule has 1 amide bonds. The van der Waals surface area contributed by atoms with Crippen LogP contribution >= 0.6 is 11.8 Å². The van der Waals surface area contributed by atoms with Crippen LogP contribution in [-0.2, 0) is 9.59 Å². The maximum atomic E-state index is 11.1. The minimum Gasteiger partial charge on any atom is -0.326 e. The molecule has 0 aliphatic rings. The van der Waals surface area contributed by atoms with Gasteiger partial charge in [-0.25, -0.2) is 0 Å². The standard InChI is InChI=1S/C12H15NO2S/c1-7-5-8(2)12(16-10(4)15)6-11(7)13-9(3)14/h5-6H,1-4H3,(H,13,14).